The Kier molecular flexibility index (Phi) is 4.37. The number of ether oxygens (including phenoxy) is 2. The van der Waals surface area contributed by atoms with Crippen molar-refractivity contribution < 1.29 is 22.4 Å². The summed E-state index contributed by atoms with van der Waals surface area (Å²) in [5.74, 6) is 1.18. The van der Waals surface area contributed by atoms with Gasteiger partial charge in [-0.2, -0.15) is 0 Å². The highest BCUT2D eigenvalue weighted by atomic mass is 79.9. The lowest BCUT2D eigenvalue weighted by atomic mass is 9.79. The summed E-state index contributed by atoms with van der Waals surface area (Å²) in [5.41, 5.74) is 2.98. The van der Waals surface area contributed by atoms with E-state index in [4.69, 9.17) is 14.0 Å². The van der Waals surface area contributed by atoms with Gasteiger partial charge < -0.3 is 14.0 Å². The molecular formula is C21H19BrN2O5S. The lowest BCUT2D eigenvalue weighted by molar-refractivity contribution is 0.373. The highest BCUT2D eigenvalue weighted by molar-refractivity contribution is 9.10. The number of aromatic nitrogens is 1. The Morgan fingerprint density at radius 1 is 1.13 bits per heavy atom. The molecule has 2 aliphatic carbocycles. The summed E-state index contributed by atoms with van der Waals surface area (Å²) in [4.78, 5) is -0.0770. The minimum atomic E-state index is -4.04. The van der Waals surface area contributed by atoms with E-state index in [0.717, 1.165) is 28.4 Å². The van der Waals surface area contributed by atoms with Crippen molar-refractivity contribution >= 4 is 31.8 Å². The Labute approximate surface area is 182 Å². The van der Waals surface area contributed by atoms with E-state index in [2.05, 4.69) is 31.9 Å². The fourth-order valence-corrected chi connectivity index (χ4v) is 5.93. The molecule has 9 heteroatoms. The molecule has 0 bridgehead atoms. The van der Waals surface area contributed by atoms with Gasteiger partial charge in [0.15, 0.2) is 16.5 Å². The Morgan fingerprint density at radius 2 is 1.83 bits per heavy atom. The van der Waals surface area contributed by atoms with Crippen LogP contribution in [0.2, 0.25) is 0 Å². The lowest BCUT2D eigenvalue weighted by Gasteiger charge is -2.24. The van der Waals surface area contributed by atoms with Gasteiger partial charge in [0.05, 0.1) is 14.2 Å². The van der Waals surface area contributed by atoms with Gasteiger partial charge in [0.1, 0.15) is 11.5 Å². The number of rotatable bonds is 5. The first-order chi connectivity index (χ1) is 14.4. The Hall–Kier alpha value is -2.52. The Bertz CT molecular complexity index is 1240. The number of methoxy groups -OCH3 is 2. The van der Waals surface area contributed by atoms with Gasteiger partial charge in [-0.3, -0.25) is 4.72 Å². The van der Waals surface area contributed by atoms with Gasteiger partial charge >= 0.3 is 0 Å². The predicted octanol–water partition coefficient (Wildman–Crippen LogP) is 4.51. The second-order valence-corrected chi connectivity index (χ2v) is 10.1. The highest BCUT2D eigenvalue weighted by Gasteiger charge is 2.50. The first-order valence-electron chi connectivity index (χ1n) is 9.41. The molecule has 30 heavy (non-hydrogen) atoms. The van der Waals surface area contributed by atoms with Crippen molar-refractivity contribution in [3.05, 3.63) is 52.0 Å². The minimum absolute atomic E-state index is 0.0247. The maximum absolute atomic E-state index is 13.3. The monoisotopic (exact) mass is 490 g/mol. The largest absolute Gasteiger partial charge is 0.495 e. The van der Waals surface area contributed by atoms with Crippen LogP contribution in [0.1, 0.15) is 24.0 Å². The first kappa shape index (κ1) is 19.4. The van der Waals surface area contributed by atoms with E-state index in [0.29, 0.717) is 12.2 Å². The van der Waals surface area contributed by atoms with Crippen LogP contribution in [-0.2, 0) is 21.9 Å². The summed E-state index contributed by atoms with van der Waals surface area (Å²) in [7, 11) is -1.21. The van der Waals surface area contributed by atoms with Crippen LogP contribution in [0.3, 0.4) is 0 Å². The zero-order valence-corrected chi connectivity index (χ0v) is 18.8. The van der Waals surface area contributed by atoms with Gasteiger partial charge in [-0.25, -0.2) is 8.42 Å². The first-order valence-corrected chi connectivity index (χ1v) is 11.7. The van der Waals surface area contributed by atoms with Gasteiger partial charge in [0, 0.05) is 21.0 Å². The van der Waals surface area contributed by atoms with E-state index in [1.807, 2.05) is 12.1 Å². The summed E-state index contributed by atoms with van der Waals surface area (Å²) < 4.78 is 46.2. The molecule has 0 saturated heterocycles. The van der Waals surface area contributed by atoms with Crippen molar-refractivity contribution in [2.45, 2.75) is 29.6 Å². The Morgan fingerprint density at radius 3 is 2.47 bits per heavy atom. The number of nitrogens with zero attached hydrogens (tertiary/aromatic N) is 1. The number of benzene rings is 2. The summed E-state index contributed by atoms with van der Waals surface area (Å²) in [5, 5.41) is 4.08. The second-order valence-electron chi connectivity index (χ2n) is 7.58. The maximum atomic E-state index is 13.3. The smallest absolute Gasteiger partial charge is 0.270 e. The molecule has 1 saturated carbocycles. The SMILES string of the molecule is COc1cccc(OC)c1S(=O)(=O)Nc1noc2c1CC1(CC1)c1ccc(Br)cc1-2. The van der Waals surface area contributed by atoms with Crippen molar-refractivity contribution in [3.8, 4) is 22.8 Å². The average Bonchev–Trinajstić information content (AvgIpc) is 3.40. The van der Waals surface area contributed by atoms with Crippen molar-refractivity contribution in [3.63, 3.8) is 0 Å². The Balaban J connectivity index is 1.60. The summed E-state index contributed by atoms with van der Waals surface area (Å²) in [6, 6.07) is 10.9. The number of fused-ring (bicyclic) bond motifs is 4. The van der Waals surface area contributed by atoms with Crippen LogP contribution < -0.4 is 14.2 Å². The molecule has 0 atom stereocenters. The molecule has 3 aromatic rings. The van der Waals surface area contributed by atoms with E-state index < -0.39 is 10.0 Å². The van der Waals surface area contributed by atoms with E-state index in [9.17, 15) is 8.42 Å². The van der Waals surface area contributed by atoms with E-state index in [-0.39, 0.29) is 27.6 Å². The van der Waals surface area contributed by atoms with Crippen molar-refractivity contribution in [2.24, 2.45) is 0 Å². The summed E-state index contributed by atoms with van der Waals surface area (Å²) >= 11 is 3.52. The second kappa shape index (κ2) is 6.75. The number of hydrogen-bond donors (Lipinski definition) is 1. The molecule has 0 radical (unpaired) electrons. The molecule has 1 N–H and O–H groups in total. The van der Waals surface area contributed by atoms with Gasteiger partial charge in [0.25, 0.3) is 10.0 Å². The van der Waals surface area contributed by atoms with Gasteiger partial charge in [-0.1, -0.05) is 33.2 Å². The van der Waals surface area contributed by atoms with Crippen LogP contribution in [-0.4, -0.2) is 27.8 Å². The molecule has 1 aromatic heterocycles. The van der Waals surface area contributed by atoms with Crippen LogP contribution in [0, 0.1) is 0 Å². The molecule has 2 aliphatic rings. The maximum Gasteiger partial charge on any atom is 0.270 e. The molecule has 1 heterocycles. The van der Waals surface area contributed by atoms with Gasteiger partial charge in [-0.15, -0.1) is 0 Å². The normalized spacial score (nSPS) is 16.0. The lowest BCUT2D eigenvalue weighted by Crippen LogP contribution is -2.20. The zero-order valence-electron chi connectivity index (χ0n) is 16.4. The molecule has 0 aliphatic heterocycles. The predicted molar refractivity (Wildman–Crippen MR) is 115 cm³/mol. The van der Waals surface area contributed by atoms with Crippen LogP contribution in [0.4, 0.5) is 5.82 Å². The van der Waals surface area contributed by atoms with Crippen LogP contribution >= 0.6 is 15.9 Å². The summed E-state index contributed by atoms with van der Waals surface area (Å²) in [6.45, 7) is 0. The third-order valence-electron chi connectivity index (χ3n) is 5.84. The van der Waals surface area contributed by atoms with Crippen LogP contribution in [0.5, 0.6) is 11.5 Å². The molecule has 2 aromatic carbocycles. The molecular weight excluding hydrogens is 472 g/mol. The topological polar surface area (TPSA) is 90.7 Å². The summed E-state index contributed by atoms with van der Waals surface area (Å²) in [6.07, 6.45) is 2.79. The van der Waals surface area contributed by atoms with Gasteiger partial charge in [-0.05, 0) is 49.1 Å². The molecule has 1 spiro atoms. The van der Waals surface area contributed by atoms with E-state index in [1.165, 1.54) is 19.8 Å². The fraction of sp³-hybridized carbons (Fsp3) is 0.286. The van der Waals surface area contributed by atoms with E-state index in [1.54, 1.807) is 18.2 Å². The molecule has 1 fully saturated rings. The van der Waals surface area contributed by atoms with Crippen molar-refractivity contribution in [1.29, 1.82) is 0 Å². The number of nitrogens with one attached hydrogen (secondary N) is 1. The number of halogens is 1. The highest BCUT2D eigenvalue weighted by Crippen LogP contribution is 2.58. The molecule has 7 nitrogen and oxygen atoms in total. The molecule has 5 rings (SSSR count). The molecule has 0 amide bonds. The molecule has 0 unspecified atom stereocenters. The zero-order chi connectivity index (χ0) is 21.1. The number of sulfonamides is 1. The third kappa shape index (κ3) is 2.91. The van der Waals surface area contributed by atoms with Crippen LogP contribution in [0.15, 0.2) is 50.3 Å². The molecule has 156 valence electrons. The van der Waals surface area contributed by atoms with Crippen LogP contribution in [0.25, 0.3) is 11.3 Å². The van der Waals surface area contributed by atoms with Gasteiger partial charge in [0.2, 0.25) is 0 Å². The average molecular weight is 491 g/mol. The standard InChI is InChI=1S/C21H19BrN2O5S/c1-27-16-4-3-5-17(28-2)19(16)30(25,26)24-20-14-11-21(8-9-21)15-7-6-12(22)10-13(15)18(14)29-23-20/h3-7,10H,8-9,11H2,1-2H3,(H,23,24). The fourth-order valence-electron chi connectivity index (χ4n) is 4.22. The van der Waals surface area contributed by atoms with Crippen molar-refractivity contribution in [2.75, 3.05) is 18.9 Å². The van der Waals surface area contributed by atoms with E-state index >= 15 is 0 Å². The quantitative estimate of drug-likeness (QED) is 0.565. The number of hydrogen-bond acceptors (Lipinski definition) is 6. The van der Waals surface area contributed by atoms with Crippen molar-refractivity contribution in [1.82, 2.24) is 5.16 Å². The third-order valence-corrected chi connectivity index (χ3v) is 7.73. The minimum Gasteiger partial charge on any atom is -0.495 e. The number of anilines is 1.